The Labute approximate surface area is 114 Å². The van der Waals surface area contributed by atoms with Crippen molar-refractivity contribution in [2.45, 2.75) is 25.3 Å². The van der Waals surface area contributed by atoms with Crippen LogP contribution in [0.15, 0.2) is 18.3 Å². The average Bonchev–Trinajstić information content (AvgIpc) is 2.36. The van der Waals surface area contributed by atoms with Gasteiger partial charge in [-0.2, -0.15) is 0 Å². The van der Waals surface area contributed by atoms with Crippen LogP contribution in [0.4, 0.5) is 0 Å². The number of hydrogen-bond acceptors (Lipinski definition) is 3. The highest BCUT2D eigenvalue weighted by Crippen LogP contribution is 2.42. The van der Waals surface area contributed by atoms with Crippen molar-refractivity contribution in [1.29, 1.82) is 0 Å². The van der Waals surface area contributed by atoms with Crippen molar-refractivity contribution in [2.75, 3.05) is 26.2 Å². The minimum absolute atomic E-state index is 0.474. The Kier molecular flexibility index (Phi) is 3.83. The van der Waals surface area contributed by atoms with Crippen molar-refractivity contribution in [3.05, 3.63) is 29.0 Å². The summed E-state index contributed by atoms with van der Waals surface area (Å²) in [6, 6.07) is 4.64. The van der Waals surface area contributed by atoms with Crippen molar-refractivity contribution in [3.63, 3.8) is 0 Å². The van der Waals surface area contributed by atoms with E-state index >= 15 is 0 Å². The minimum Gasteiger partial charge on any atom is -0.314 e. The van der Waals surface area contributed by atoms with Crippen LogP contribution >= 0.6 is 11.6 Å². The molecule has 0 amide bonds. The van der Waals surface area contributed by atoms with Crippen molar-refractivity contribution < 1.29 is 0 Å². The third-order valence-corrected chi connectivity index (χ3v) is 4.56. The van der Waals surface area contributed by atoms with E-state index in [2.05, 4.69) is 21.3 Å². The Morgan fingerprint density at radius 3 is 2.72 bits per heavy atom. The molecule has 18 heavy (non-hydrogen) atoms. The Hall–Kier alpha value is -0.640. The zero-order valence-corrected chi connectivity index (χ0v) is 11.4. The van der Waals surface area contributed by atoms with E-state index in [-0.39, 0.29) is 0 Å². The van der Waals surface area contributed by atoms with Gasteiger partial charge in [0, 0.05) is 44.0 Å². The van der Waals surface area contributed by atoms with E-state index in [1.807, 2.05) is 6.07 Å². The van der Waals surface area contributed by atoms with Crippen molar-refractivity contribution >= 4 is 11.6 Å². The lowest BCUT2D eigenvalue weighted by Gasteiger charge is -2.43. The second-order valence-electron chi connectivity index (χ2n) is 5.31. The molecule has 1 aliphatic carbocycles. The fraction of sp³-hybridized carbons (Fsp3) is 0.643. The highest BCUT2D eigenvalue weighted by atomic mass is 35.5. The maximum Gasteiger partial charge on any atom is 0.133 e. The van der Waals surface area contributed by atoms with Crippen molar-refractivity contribution in [3.8, 4) is 0 Å². The fourth-order valence-corrected chi connectivity index (χ4v) is 3.31. The van der Waals surface area contributed by atoms with E-state index in [9.17, 15) is 0 Å². The molecule has 1 aromatic rings. The van der Waals surface area contributed by atoms with Gasteiger partial charge in [-0.25, -0.2) is 4.98 Å². The Balaban J connectivity index is 1.87. The number of piperazine rings is 1. The SMILES string of the molecule is Clc1ncccc1[C@H](C1CCC1)N1CCNCC1. The van der Waals surface area contributed by atoms with E-state index in [1.165, 1.54) is 24.8 Å². The van der Waals surface area contributed by atoms with Crippen LogP contribution in [0, 0.1) is 5.92 Å². The quantitative estimate of drug-likeness (QED) is 0.851. The van der Waals surface area contributed by atoms with E-state index in [4.69, 9.17) is 11.6 Å². The molecule has 1 aliphatic heterocycles. The Morgan fingerprint density at radius 1 is 1.33 bits per heavy atom. The molecule has 2 fully saturated rings. The first kappa shape index (κ1) is 12.4. The molecule has 3 nitrogen and oxygen atoms in total. The third-order valence-electron chi connectivity index (χ3n) is 4.25. The largest absolute Gasteiger partial charge is 0.314 e. The molecule has 1 atom stereocenters. The van der Waals surface area contributed by atoms with Crippen LogP contribution in [-0.4, -0.2) is 36.1 Å². The molecule has 1 saturated carbocycles. The van der Waals surface area contributed by atoms with Gasteiger partial charge in [0.1, 0.15) is 5.15 Å². The number of aromatic nitrogens is 1. The molecule has 3 rings (SSSR count). The summed E-state index contributed by atoms with van der Waals surface area (Å²) >= 11 is 6.31. The zero-order valence-electron chi connectivity index (χ0n) is 10.6. The van der Waals surface area contributed by atoms with Gasteiger partial charge < -0.3 is 5.32 Å². The average molecular weight is 266 g/mol. The van der Waals surface area contributed by atoms with Gasteiger partial charge in [-0.3, -0.25) is 4.90 Å². The maximum atomic E-state index is 6.31. The molecule has 0 unspecified atom stereocenters. The molecular weight excluding hydrogens is 246 g/mol. The minimum atomic E-state index is 0.474. The predicted molar refractivity (Wildman–Crippen MR) is 73.8 cm³/mol. The van der Waals surface area contributed by atoms with E-state index in [1.54, 1.807) is 6.20 Å². The molecule has 0 spiro atoms. The Morgan fingerprint density at radius 2 is 2.11 bits per heavy atom. The third kappa shape index (κ3) is 2.40. The lowest BCUT2D eigenvalue weighted by molar-refractivity contribution is 0.0835. The summed E-state index contributed by atoms with van der Waals surface area (Å²) in [5, 5.41) is 4.11. The normalized spacial score (nSPS) is 23.6. The van der Waals surface area contributed by atoms with Crippen LogP contribution in [0.3, 0.4) is 0 Å². The number of halogens is 1. The lowest BCUT2D eigenvalue weighted by Crippen LogP contribution is -2.47. The highest BCUT2D eigenvalue weighted by molar-refractivity contribution is 6.30. The van der Waals surface area contributed by atoms with Gasteiger partial charge in [0.25, 0.3) is 0 Å². The van der Waals surface area contributed by atoms with Gasteiger partial charge in [0.2, 0.25) is 0 Å². The van der Waals surface area contributed by atoms with Gasteiger partial charge >= 0.3 is 0 Å². The van der Waals surface area contributed by atoms with Crippen LogP contribution in [0.2, 0.25) is 5.15 Å². The van der Waals surface area contributed by atoms with E-state index < -0.39 is 0 Å². The molecule has 0 radical (unpaired) electrons. The molecule has 1 aromatic heterocycles. The summed E-state index contributed by atoms with van der Waals surface area (Å²) in [4.78, 5) is 6.85. The van der Waals surface area contributed by atoms with Gasteiger partial charge in [-0.05, 0) is 24.8 Å². The summed E-state index contributed by atoms with van der Waals surface area (Å²) < 4.78 is 0. The van der Waals surface area contributed by atoms with Crippen LogP contribution in [0.1, 0.15) is 30.9 Å². The Bertz CT molecular complexity index is 400. The molecule has 1 N–H and O–H groups in total. The number of rotatable bonds is 3. The number of hydrogen-bond donors (Lipinski definition) is 1. The molecule has 0 aromatic carbocycles. The smallest absolute Gasteiger partial charge is 0.133 e. The summed E-state index contributed by atoms with van der Waals surface area (Å²) in [7, 11) is 0. The molecule has 2 aliphatic rings. The number of nitrogens with one attached hydrogen (secondary N) is 1. The first-order chi connectivity index (χ1) is 8.86. The number of nitrogens with zero attached hydrogens (tertiary/aromatic N) is 2. The van der Waals surface area contributed by atoms with Gasteiger partial charge in [0.15, 0.2) is 0 Å². The molecular formula is C14H20ClN3. The topological polar surface area (TPSA) is 28.2 Å². The molecule has 98 valence electrons. The second-order valence-corrected chi connectivity index (χ2v) is 5.66. The second kappa shape index (κ2) is 5.55. The molecule has 2 heterocycles. The summed E-state index contributed by atoms with van der Waals surface area (Å²) in [6.07, 6.45) is 5.81. The van der Waals surface area contributed by atoms with E-state index in [0.29, 0.717) is 11.2 Å². The van der Waals surface area contributed by atoms with Gasteiger partial charge in [-0.1, -0.05) is 24.1 Å². The molecule has 4 heteroatoms. The highest BCUT2D eigenvalue weighted by Gasteiger charge is 2.34. The fourth-order valence-electron chi connectivity index (χ4n) is 3.08. The molecule has 0 bridgehead atoms. The predicted octanol–water partition coefficient (Wildman–Crippen LogP) is 2.48. The summed E-state index contributed by atoms with van der Waals surface area (Å²) in [5.74, 6) is 0.768. The lowest BCUT2D eigenvalue weighted by atomic mass is 9.76. The van der Waals surface area contributed by atoms with E-state index in [0.717, 1.165) is 32.1 Å². The summed E-state index contributed by atoms with van der Waals surface area (Å²) in [6.45, 7) is 4.40. The first-order valence-corrected chi connectivity index (χ1v) is 7.29. The van der Waals surface area contributed by atoms with Crippen LogP contribution in [0.5, 0.6) is 0 Å². The van der Waals surface area contributed by atoms with Crippen molar-refractivity contribution in [1.82, 2.24) is 15.2 Å². The number of pyridine rings is 1. The standard InChI is InChI=1S/C14H20ClN3/c15-14-12(5-2-6-17-14)13(11-3-1-4-11)18-9-7-16-8-10-18/h2,5-6,11,13,16H,1,3-4,7-10H2/t13-/m0/s1. The monoisotopic (exact) mass is 265 g/mol. The van der Waals surface area contributed by atoms with Gasteiger partial charge in [0.05, 0.1) is 0 Å². The summed E-state index contributed by atoms with van der Waals surface area (Å²) in [5.41, 5.74) is 1.23. The molecule has 1 saturated heterocycles. The maximum absolute atomic E-state index is 6.31. The first-order valence-electron chi connectivity index (χ1n) is 6.91. The van der Waals surface area contributed by atoms with Crippen LogP contribution < -0.4 is 5.32 Å². The zero-order chi connectivity index (χ0) is 12.4. The van der Waals surface area contributed by atoms with Crippen molar-refractivity contribution in [2.24, 2.45) is 5.92 Å². The van der Waals surface area contributed by atoms with Crippen LogP contribution in [0.25, 0.3) is 0 Å². The van der Waals surface area contributed by atoms with Gasteiger partial charge in [-0.15, -0.1) is 0 Å². The van der Waals surface area contributed by atoms with Crippen LogP contribution in [-0.2, 0) is 0 Å².